The molecule has 1 saturated heterocycles. The number of β-amino-alcohol motifs (C(OH)–C–C–N with tert-alkyl or cyclic N) is 1. The molecule has 0 aromatic heterocycles. The van der Waals surface area contributed by atoms with Crippen LogP contribution in [0, 0.1) is 11.7 Å². The quantitative estimate of drug-likeness (QED) is 0.0912. The summed E-state index contributed by atoms with van der Waals surface area (Å²) in [4.78, 5) is 45.0. The molecule has 4 rings (SSSR count). The lowest BCUT2D eigenvalue weighted by molar-refractivity contribution is -0.150. The highest BCUT2D eigenvalue weighted by molar-refractivity contribution is 7.46. The van der Waals surface area contributed by atoms with Crippen LogP contribution in [0.4, 0.5) is 14.9 Å². The lowest BCUT2D eigenvalue weighted by Crippen LogP contribution is -2.38. The second-order valence-corrected chi connectivity index (χ2v) is 13.6. The molecule has 1 atom stereocenters. The van der Waals surface area contributed by atoms with Crippen LogP contribution in [0.15, 0.2) is 66.7 Å². The van der Waals surface area contributed by atoms with E-state index in [9.17, 15) is 23.7 Å². The number of aliphatic hydroxyl groups is 1. The number of carbonyl (C=O) groups is 2. The first-order chi connectivity index (χ1) is 22.0. The van der Waals surface area contributed by atoms with Crippen LogP contribution in [0.25, 0.3) is 0 Å². The van der Waals surface area contributed by atoms with E-state index >= 15 is 0 Å². The van der Waals surface area contributed by atoms with Crippen molar-refractivity contribution in [2.24, 2.45) is 5.92 Å². The number of benzene rings is 3. The second-order valence-electron chi connectivity index (χ2n) is 12.4. The number of esters is 1. The van der Waals surface area contributed by atoms with Crippen molar-refractivity contribution in [1.82, 2.24) is 4.90 Å². The molecule has 1 heterocycles. The number of hydrogen-bond donors (Lipinski definition) is 4. The summed E-state index contributed by atoms with van der Waals surface area (Å²) in [5.41, 5.74) is -1.08. The van der Waals surface area contributed by atoms with Crippen molar-refractivity contribution in [3.05, 3.63) is 78.1 Å². The zero-order chi connectivity index (χ0) is 34.4. The molecule has 14 heteroatoms. The summed E-state index contributed by atoms with van der Waals surface area (Å²) in [6.45, 7) is 7.16. The number of rotatable bonds is 13. The van der Waals surface area contributed by atoms with Gasteiger partial charge in [-0.25, -0.2) is 13.8 Å². The van der Waals surface area contributed by atoms with E-state index in [0.717, 1.165) is 0 Å². The maximum absolute atomic E-state index is 13.5. The van der Waals surface area contributed by atoms with Gasteiger partial charge in [-0.15, -0.1) is 0 Å². The molecule has 4 N–H and O–H groups in total. The highest BCUT2D eigenvalue weighted by atomic mass is 31.2. The highest BCUT2D eigenvalue weighted by Gasteiger charge is 2.38. The molecule has 1 fully saturated rings. The number of halogens is 1. The number of amides is 2. The van der Waals surface area contributed by atoms with Crippen LogP contribution in [0.1, 0.15) is 46.1 Å². The molecule has 2 amide bonds. The standard InChI is InChI=1S/C33H40FN2O10P/c1-22(2)20-33(39)13-14-36(21-33)31(38)35-25-17-28(19-29(18-25)46-27-11-7-24(34)8-12-27)45-26-9-5-23(6-10-26)32(3,4)30(37)43-15-16-44-47(40,41)42/h5-12,17-19,22,39H,13-16,20-21H2,1-4H3,(H,35,38)(H2,40,41,42). The van der Waals surface area contributed by atoms with Crippen LogP contribution < -0.4 is 14.8 Å². The molecule has 0 bridgehead atoms. The minimum atomic E-state index is -4.67. The van der Waals surface area contributed by atoms with Crippen molar-refractivity contribution in [2.75, 3.05) is 31.6 Å². The van der Waals surface area contributed by atoms with E-state index in [0.29, 0.717) is 53.6 Å². The first-order valence-electron chi connectivity index (χ1n) is 15.0. The molecular weight excluding hydrogens is 634 g/mol. The van der Waals surface area contributed by atoms with Gasteiger partial charge >= 0.3 is 19.8 Å². The number of phosphoric acid groups is 1. The third kappa shape index (κ3) is 10.5. The number of nitrogens with one attached hydrogen (secondary N) is 1. The number of nitrogens with zero attached hydrogens (tertiary/aromatic N) is 1. The van der Waals surface area contributed by atoms with Crippen molar-refractivity contribution >= 4 is 25.5 Å². The van der Waals surface area contributed by atoms with Gasteiger partial charge in [-0.1, -0.05) is 26.0 Å². The Morgan fingerprint density at radius 3 is 2.09 bits per heavy atom. The van der Waals surface area contributed by atoms with E-state index in [1.165, 1.54) is 24.3 Å². The molecule has 3 aromatic rings. The van der Waals surface area contributed by atoms with Crippen LogP contribution in [0.3, 0.4) is 0 Å². The number of hydrogen-bond acceptors (Lipinski definition) is 8. The van der Waals surface area contributed by atoms with Crippen molar-refractivity contribution in [3.8, 4) is 23.0 Å². The SMILES string of the molecule is CC(C)CC1(O)CCN(C(=O)Nc2cc(Oc3ccc(F)cc3)cc(Oc3ccc(C(C)(C)C(=O)OCCOP(=O)(O)O)cc3)c2)C1. The van der Waals surface area contributed by atoms with Crippen LogP contribution in [-0.4, -0.2) is 63.7 Å². The van der Waals surface area contributed by atoms with E-state index in [1.807, 2.05) is 13.8 Å². The van der Waals surface area contributed by atoms with Gasteiger partial charge in [0.2, 0.25) is 0 Å². The minimum Gasteiger partial charge on any atom is -0.463 e. The smallest absolute Gasteiger partial charge is 0.463 e. The maximum atomic E-state index is 13.5. The first-order valence-corrected chi connectivity index (χ1v) is 16.6. The fourth-order valence-electron chi connectivity index (χ4n) is 5.22. The van der Waals surface area contributed by atoms with Crippen molar-refractivity contribution < 1.29 is 52.2 Å². The molecule has 12 nitrogen and oxygen atoms in total. The summed E-state index contributed by atoms with van der Waals surface area (Å²) < 4.78 is 45.7. The van der Waals surface area contributed by atoms with Gasteiger partial charge in [0.25, 0.3) is 0 Å². The number of anilines is 1. The summed E-state index contributed by atoms with van der Waals surface area (Å²) in [7, 11) is -4.67. The summed E-state index contributed by atoms with van der Waals surface area (Å²) >= 11 is 0. The lowest BCUT2D eigenvalue weighted by atomic mass is 9.85. The third-order valence-electron chi connectivity index (χ3n) is 7.49. The van der Waals surface area contributed by atoms with Crippen molar-refractivity contribution in [2.45, 2.75) is 51.6 Å². The number of carbonyl (C=O) groups excluding carboxylic acids is 2. The molecule has 254 valence electrons. The van der Waals surface area contributed by atoms with Crippen LogP contribution in [-0.2, 0) is 24.0 Å². The average Bonchev–Trinajstić information content (AvgIpc) is 3.37. The average molecular weight is 675 g/mol. The van der Waals surface area contributed by atoms with Gasteiger partial charge in [-0.05, 0) is 74.6 Å². The van der Waals surface area contributed by atoms with Gasteiger partial charge in [-0.2, -0.15) is 0 Å². The van der Waals surface area contributed by atoms with E-state index in [4.69, 9.17) is 24.0 Å². The second kappa shape index (κ2) is 14.8. The molecule has 0 aliphatic carbocycles. The maximum Gasteiger partial charge on any atom is 0.469 e. The minimum absolute atomic E-state index is 0.212. The van der Waals surface area contributed by atoms with E-state index in [2.05, 4.69) is 9.84 Å². The van der Waals surface area contributed by atoms with Gasteiger partial charge in [0.15, 0.2) is 0 Å². The molecule has 1 aliphatic heterocycles. The van der Waals surface area contributed by atoms with Gasteiger partial charge < -0.3 is 39.3 Å². The molecule has 0 radical (unpaired) electrons. The summed E-state index contributed by atoms with van der Waals surface area (Å²) in [5.74, 6) is 0.638. The molecule has 1 unspecified atom stereocenters. The fraction of sp³-hybridized carbons (Fsp3) is 0.394. The van der Waals surface area contributed by atoms with Crippen molar-refractivity contribution in [3.63, 3.8) is 0 Å². The molecular formula is C33H40FN2O10P. The Balaban J connectivity index is 1.49. The molecule has 0 saturated carbocycles. The Kier molecular flexibility index (Phi) is 11.3. The molecule has 47 heavy (non-hydrogen) atoms. The van der Waals surface area contributed by atoms with Crippen LogP contribution >= 0.6 is 7.82 Å². The van der Waals surface area contributed by atoms with Crippen LogP contribution in [0.2, 0.25) is 0 Å². The predicted molar refractivity (Wildman–Crippen MR) is 171 cm³/mol. The van der Waals surface area contributed by atoms with Gasteiger partial charge in [0.1, 0.15) is 35.4 Å². The Bertz CT molecular complexity index is 1590. The van der Waals surface area contributed by atoms with E-state index in [1.54, 1.807) is 61.2 Å². The molecule has 3 aromatic carbocycles. The van der Waals surface area contributed by atoms with E-state index in [-0.39, 0.29) is 25.1 Å². The predicted octanol–water partition coefficient (Wildman–Crippen LogP) is 6.36. The number of phosphoric ester groups is 1. The summed E-state index contributed by atoms with van der Waals surface area (Å²) in [5, 5.41) is 13.8. The van der Waals surface area contributed by atoms with Crippen molar-refractivity contribution in [1.29, 1.82) is 0 Å². The molecule has 1 aliphatic rings. The Morgan fingerprint density at radius 1 is 0.957 bits per heavy atom. The van der Waals surface area contributed by atoms with E-state index < -0.39 is 37.2 Å². The zero-order valence-corrected chi connectivity index (χ0v) is 27.5. The number of ether oxygens (including phenoxy) is 3. The monoisotopic (exact) mass is 674 g/mol. The third-order valence-corrected chi connectivity index (χ3v) is 8.01. The molecule has 0 spiro atoms. The Morgan fingerprint density at radius 2 is 1.53 bits per heavy atom. The Labute approximate surface area is 272 Å². The largest absolute Gasteiger partial charge is 0.469 e. The number of urea groups is 1. The van der Waals surface area contributed by atoms with Gasteiger partial charge in [0, 0.05) is 30.4 Å². The summed E-state index contributed by atoms with van der Waals surface area (Å²) in [6, 6.07) is 16.5. The Hall–Kier alpha value is -4.00. The topological polar surface area (TPSA) is 164 Å². The lowest BCUT2D eigenvalue weighted by Gasteiger charge is -2.25. The zero-order valence-electron chi connectivity index (χ0n) is 26.6. The normalized spacial score (nSPS) is 16.7. The summed E-state index contributed by atoms with van der Waals surface area (Å²) in [6.07, 6.45) is 1.07. The first kappa shape index (κ1) is 35.8. The highest BCUT2D eigenvalue weighted by Crippen LogP contribution is 2.36. The van der Waals surface area contributed by atoms with Gasteiger partial charge in [0.05, 0.1) is 24.2 Å². The fourth-order valence-corrected chi connectivity index (χ4v) is 5.54. The van der Waals surface area contributed by atoms with Gasteiger partial charge in [-0.3, -0.25) is 9.32 Å². The number of likely N-dealkylation sites (tertiary alicyclic amines) is 1. The van der Waals surface area contributed by atoms with Crippen LogP contribution in [0.5, 0.6) is 23.0 Å².